The van der Waals surface area contributed by atoms with Crippen LogP contribution in [0, 0.1) is 0 Å². The van der Waals surface area contributed by atoms with Crippen LogP contribution in [0.25, 0.3) is 0 Å². The molecule has 0 unspecified atom stereocenters. The van der Waals surface area contributed by atoms with Gasteiger partial charge in [-0.15, -0.1) is 0 Å². The molecular weight excluding hydrogens is 216 g/mol. The number of nitrogens with two attached hydrogens (primary N) is 1. The zero-order valence-electron chi connectivity index (χ0n) is 9.63. The molecule has 5 nitrogen and oxygen atoms in total. The standard InChI is InChI=1S/C12H14N4O/c1-16-12(14-8-15-16)7-11(17)6-9-3-2-4-10(13)5-9/h2-5,8H,6-7,13H2,1H3. The Morgan fingerprint density at radius 3 is 2.88 bits per heavy atom. The third-order valence-corrected chi connectivity index (χ3v) is 2.51. The fourth-order valence-electron chi connectivity index (χ4n) is 1.65. The van der Waals surface area contributed by atoms with Crippen molar-refractivity contribution in [1.29, 1.82) is 0 Å². The van der Waals surface area contributed by atoms with Crippen LogP contribution in [0.2, 0.25) is 0 Å². The molecule has 0 saturated heterocycles. The fraction of sp³-hybridized carbons (Fsp3) is 0.250. The third kappa shape index (κ3) is 2.90. The molecule has 0 aliphatic rings. The summed E-state index contributed by atoms with van der Waals surface area (Å²) in [6.45, 7) is 0. The Balaban J connectivity index is 2.01. The highest BCUT2D eigenvalue weighted by molar-refractivity contribution is 5.82. The van der Waals surface area contributed by atoms with Crippen LogP contribution in [-0.2, 0) is 24.7 Å². The van der Waals surface area contributed by atoms with Gasteiger partial charge in [0.15, 0.2) is 0 Å². The first-order valence-corrected chi connectivity index (χ1v) is 5.34. The van der Waals surface area contributed by atoms with E-state index in [9.17, 15) is 4.79 Å². The van der Waals surface area contributed by atoms with Crippen LogP contribution in [0.1, 0.15) is 11.4 Å². The van der Waals surface area contributed by atoms with Gasteiger partial charge in [-0.25, -0.2) is 4.98 Å². The van der Waals surface area contributed by atoms with E-state index < -0.39 is 0 Å². The second kappa shape index (κ2) is 4.78. The Hall–Kier alpha value is -2.17. The van der Waals surface area contributed by atoms with E-state index in [-0.39, 0.29) is 5.78 Å². The zero-order chi connectivity index (χ0) is 12.3. The van der Waals surface area contributed by atoms with E-state index in [1.165, 1.54) is 6.33 Å². The summed E-state index contributed by atoms with van der Waals surface area (Å²) in [5.41, 5.74) is 7.26. The van der Waals surface area contributed by atoms with E-state index in [0.717, 1.165) is 5.56 Å². The van der Waals surface area contributed by atoms with Gasteiger partial charge < -0.3 is 5.73 Å². The summed E-state index contributed by atoms with van der Waals surface area (Å²) in [4.78, 5) is 15.8. The highest BCUT2D eigenvalue weighted by Gasteiger charge is 2.09. The number of carbonyl (C=O) groups excluding carboxylic acids is 1. The highest BCUT2D eigenvalue weighted by Crippen LogP contribution is 2.08. The first kappa shape index (κ1) is 11.3. The second-order valence-electron chi connectivity index (χ2n) is 3.94. The van der Waals surface area contributed by atoms with Crippen molar-refractivity contribution in [2.24, 2.45) is 7.05 Å². The van der Waals surface area contributed by atoms with Crippen LogP contribution in [0.5, 0.6) is 0 Å². The van der Waals surface area contributed by atoms with Crippen LogP contribution >= 0.6 is 0 Å². The molecule has 0 aliphatic carbocycles. The molecule has 0 radical (unpaired) electrons. The van der Waals surface area contributed by atoms with Crippen molar-refractivity contribution in [2.45, 2.75) is 12.8 Å². The van der Waals surface area contributed by atoms with Crippen LogP contribution in [0.3, 0.4) is 0 Å². The Kier molecular flexibility index (Phi) is 3.18. The zero-order valence-corrected chi connectivity index (χ0v) is 9.63. The molecule has 2 aromatic rings. The summed E-state index contributed by atoms with van der Waals surface area (Å²) in [6, 6.07) is 7.36. The maximum absolute atomic E-state index is 11.8. The first-order chi connectivity index (χ1) is 8.15. The van der Waals surface area contributed by atoms with Crippen molar-refractivity contribution in [2.75, 3.05) is 5.73 Å². The van der Waals surface area contributed by atoms with Gasteiger partial charge >= 0.3 is 0 Å². The van der Waals surface area contributed by atoms with Crippen molar-refractivity contribution in [3.8, 4) is 0 Å². The molecule has 1 aromatic carbocycles. The van der Waals surface area contributed by atoms with E-state index in [1.54, 1.807) is 17.8 Å². The molecule has 0 amide bonds. The molecule has 88 valence electrons. The van der Waals surface area contributed by atoms with Gasteiger partial charge in [-0.3, -0.25) is 9.48 Å². The van der Waals surface area contributed by atoms with Crippen LogP contribution < -0.4 is 5.73 Å². The first-order valence-electron chi connectivity index (χ1n) is 5.34. The predicted octanol–water partition coefficient (Wildman–Crippen LogP) is 0.752. The number of benzene rings is 1. The summed E-state index contributed by atoms with van der Waals surface area (Å²) >= 11 is 0. The average Bonchev–Trinajstić information content (AvgIpc) is 2.64. The fourth-order valence-corrected chi connectivity index (χ4v) is 1.65. The topological polar surface area (TPSA) is 73.8 Å². The molecule has 0 spiro atoms. The number of anilines is 1. The largest absolute Gasteiger partial charge is 0.399 e. The monoisotopic (exact) mass is 230 g/mol. The van der Waals surface area contributed by atoms with Crippen LogP contribution in [-0.4, -0.2) is 20.5 Å². The van der Waals surface area contributed by atoms with Crippen molar-refractivity contribution in [1.82, 2.24) is 14.8 Å². The SMILES string of the molecule is Cn1ncnc1CC(=O)Cc1cccc(N)c1. The van der Waals surface area contributed by atoms with Gasteiger partial charge in [0.05, 0.1) is 6.42 Å². The highest BCUT2D eigenvalue weighted by atomic mass is 16.1. The molecule has 1 aromatic heterocycles. The quantitative estimate of drug-likeness (QED) is 0.787. The average molecular weight is 230 g/mol. The number of nitrogens with zero attached hydrogens (tertiary/aromatic N) is 3. The summed E-state index contributed by atoms with van der Waals surface area (Å²) in [5.74, 6) is 0.783. The molecule has 0 bridgehead atoms. The molecule has 0 aliphatic heterocycles. The number of nitrogen functional groups attached to an aromatic ring is 1. The summed E-state index contributed by atoms with van der Waals surface area (Å²) < 4.78 is 1.61. The molecule has 5 heteroatoms. The van der Waals surface area contributed by atoms with E-state index in [2.05, 4.69) is 10.1 Å². The molecule has 0 saturated carbocycles. The lowest BCUT2D eigenvalue weighted by atomic mass is 10.1. The lowest BCUT2D eigenvalue weighted by Crippen LogP contribution is -2.11. The minimum absolute atomic E-state index is 0.103. The predicted molar refractivity (Wildman–Crippen MR) is 64.3 cm³/mol. The molecule has 1 heterocycles. The maximum Gasteiger partial charge on any atom is 0.144 e. The number of ketones is 1. The van der Waals surface area contributed by atoms with Gasteiger partial charge in [-0.2, -0.15) is 5.10 Å². The van der Waals surface area contributed by atoms with Gasteiger partial charge in [0.1, 0.15) is 17.9 Å². The maximum atomic E-state index is 11.8. The van der Waals surface area contributed by atoms with Crippen LogP contribution in [0.15, 0.2) is 30.6 Å². The Morgan fingerprint density at radius 2 is 2.24 bits per heavy atom. The molecule has 0 atom stereocenters. The number of Topliss-reactive ketones (excluding diaryl/α,β-unsaturated/α-hetero) is 1. The van der Waals surface area contributed by atoms with E-state index in [1.807, 2.05) is 18.2 Å². The number of aryl methyl sites for hydroxylation is 1. The number of carbonyl (C=O) groups is 1. The lowest BCUT2D eigenvalue weighted by molar-refractivity contribution is -0.117. The van der Waals surface area contributed by atoms with Gasteiger partial charge in [0, 0.05) is 19.2 Å². The minimum atomic E-state index is 0.103. The summed E-state index contributed by atoms with van der Waals surface area (Å²) in [5, 5.41) is 3.92. The molecular formula is C12H14N4O. The normalized spacial score (nSPS) is 10.4. The number of hydrogen-bond acceptors (Lipinski definition) is 4. The second-order valence-corrected chi connectivity index (χ2v) is 3.94. The third-order valence-electron chi connectivity index (χ3n) is 2.51. The molecule has 2 N–H and O–H groups in total. The molecule has 17 heavy (non-hydrogen) atoms. The lowest BCUT2D eigenvalue weighted by Gasteiger charge is -2.02. The van der Waals surface area contributed by atoms with Crippen molar-refractivity contribution in [3.63, 3.8) is 0 Å². The number of rotatable bonds is 4. The van der Waals surface area contributed by atoms with E-state index in [4.69, 9.17) is 5.73 Å². The van der Waals surface area contributed by atoms with Crippen molar-refractivity contribution >= 4 is 11.5 Å². The number of aromatic nitrogens is 3. The Bertz CT molecular complexity index is 533. The van der Waals surface area contributed by atoms with Gasteiger partial charge in [0.25, 0.3) is 0 Å². The van der Waals surface area contributed by atoms with Crippen molar-refractivity contribution in [3.05, 3.63) is 42.0 Å². The summed E-state index contributed by atoms with van der Waals surface area (Å²) in [7, 11) is 1.77. The van der Waals surface area contributed by atoms with Gasteiger partial charge in [-0.05, 0) is 17.7 Å². The smallest absolute Gasteiger partial charge is 0.144 e. The molecule has 0 fully saturated rings. The van der Waals surface area contributed by atoms with E-state index in [0.29, 0.717) is 24.4 Å². The van der Waals surface area contributed by atoms with Gasteiger partial charge in [0.2, 0.25) is 0 Å². The minimum Gasteiger partial charge on any atom is -0.399 e. The molecule has 2 rings (SSSR count). The summed E-state index contributed by atoms with van der Waals surface area (Å²) in [6.07, 6.45) is 2.12. The van der Waals surface area contributed by atoms with E-state index >= 15 is 0 Å². The Morgan fingerprint density at radius 1 is 1.41 bits per heavy atom. The number of hydrogen-bond donors (Lipinski definition) is 1. The van der Waals surface area contributed by atoms with Crippen molar-refractivity contribution < 1.29 is 4.79 Å². The van der Waals surface area contributed by atoms with Gasteiger partial charge in [-0.1, -0.05) is 12.1 Å². The van der Waals surface area contributed by atoms with Crippen LogP contribution in [0.4, 0.5) is 5.69 Å². The Labute approximate surface area is 99.3 Å².